The smallest absolute Gasteiger partial charge is 0.328 e. The lowest BCUT2D eigenvalue weighted by molar-refractivity contribution is -0.151. The highest BCUT2D eigenvalue weighted by molar-refractivity contribution is 5.85. The second-order valence-corrected chi connectivity index (χ2v) is 5.23. The lowest BCUT2D eigenvalue weighted by atomic mass is 10.2. The van der Waals surface area contributed by atoms with Crippen molar-refractivity contribution < 1.29 is 28.2 Å². The molecule has 0 spiro atoms. The molecule has 1 fully saturated rings. The van der Waals surface area contributed by atoms with E-state index in [1.807, 2.05) is 0 Å². The van der Waals surface area contributed by atoms with Crippen LogP contribution in [-0.4, -0.2) is 56.3 Å². The van der Waals surface area contributed by atoms with Gasteiger partial charge in [0, 0.05) is 13.5 Å². The molecule has 0 N–H and O–H groups in total. The van der Waals surface area contributed by atoms with Crippen LogP contribution in [0.1, 0.15) is 12.8 Å². The standard InChI is InChI=1S/C16H20FNO5/c1-21-8-7-15(19)18-10-11(9-13(18)16(20)22-2)23-14-6-4-3-5-12(14)17/h3-6,11,13H,7-10H2,1-2H3. The third-order valence-electron chi connectivity index (χ3n) is 3.71. The second-order valence-electron chi connectivity index (χ2n) is 5.23. The van der Waals surface area contributed by atoms with E-state index >= 15 is 0 Å². The topological polar surface area (TPSA) is 65.1 Å². The molecule has 2 rings (SSSR count). The summed E-state index contributed by atoms with van der Waals surface area (Å²) in [5, 5.41) is 0. The number of benzene rings is 1. The van der Waals surface area contributed by atoms with Crippen LogP contribution >= 0.6 is 0 Å². The zero-order chi connectivity index (χ0) is 16.8. The van der Waals surface area contributed by atoms with E-state index in [9.17, 15) is 14.0 Å². The Bertz CT molecular complexity index is 565. The first-order chi connectivity index (χ1) is 11.1. The van der Waals surface area contributed by atoms with Gasteiger partial charge in [-0.2, -0.15) is 0 Å². The van der Waals surface area contributed by atoms with Crippen LogP contribution in [0.25, 0.3) is 0 Å². The molecule has 0 aromatic heterocycles. The first-order valence-electron chi connectivity index (χ1n) is 7.34. The maximum absolute atomic E-state index is 13.7. The molecule has 1 aromatic carbocycles. The zero-order valence-corrected chi connectivity index (χ0v) is 13.2. The number of esters is 1. The van der Waals surface area contributed by atoms with Crippen LogP contribution in [0.3, 0.4) is 0 Å². The summed E-state index contributed by atoms with van der Waals surface area (Å²) in [4.78, 5) is 25.5. The molecule has 1 aliphatic heterocycles. The van der Waals surface area contributed by atoms with E-state index in [-0.39, 0.29) is 37.6 Å². The average Bonchev–Trinajstić information content (AvgIpc) is 2.98. The summed E-state index contributed by atoms with van der Waals surface area (Å²) in [6.07, 6.45) is -0.0432. The average molecular weight is 325 g/mol. The van der Waals surface area contributed by atoms with Crippen LogP contribution in [0.5, 0.6) is 5.75 Å². The highest BCUT2D eigenvalue weighted by Crippen LogP contribution is 2.26. The van der Waals surface area contributed by atoms with Gasteiger partial charge in [0.25, 0.3) is 0 Å². The van der Waals surface area contributed by atoms with E-state index in [1.165, 1.54) is 31.3 Å². The third-order valence-corrected chi connectivity index (χ3v) is 3.71. The van der Waals surface area contributed by atoms with Crippen molar-refractivity contribution in [3.63, 3.8) is 0 Å². The minimum Gasteiger partial charge on any atom is -0.485 e. The van der Waals surface area contributed by atoms with Gasteiger partial charge in [0.15, 0.2) is 11.6 Å². The van der Waals surface area contributed by atoms with Gasteiger partial charge in [0.2, 0.25) is 5.91 Å². The van der Waals surface area contributed by atoms with E-state index in [2.05, 4.69) is 0 Å². The molecule has 0 bridgehead atoms. The normalized spacial score (nSPS) is 20.4. The predicted molar refractivity (Wildman–Crippen MR) is 79.4 cm³/mol. The Morgan fingerprint density at radius 2 is 2.04 bits per heavy atom. The van der Waals surface area contributed by atoms with Crippen molar-refractivity contribution in [2.75, 3.05) is 27.4 Å². The van der Waals surface area contributed by atoms with Crippen molar-refractivity contribution in [1.29, 1.82) is 0 Å². The number of carbonyl (C=O) groups is 2. The number of amides is 1. The van der Waals surface area contributed by atoms with E-state index < -0.39 is 23.9 Å². The van der Waals surface area contributed by atoms with Crippen molar-refractivity contribution >= 4 is 11.9 Å². The van der Waals surface area contributed by atoms with E-state index in [4.69, 9.17) is 14.2 Å². The molecule has 1 saturated heterocycles. The van der Waals surface area contributed by atoms with Crippen LogP contribution in [0, 0.1) is 5.82 Å². The highest BCUT2D eigenvalue weighted by atomic mass is 19.1. The summed E-state index contributed by atoms with van der Waals surface area (Å²) in [5.41, 5.74) is 0. The molecule has 6 nitrogen and oxygen atoms in total. The van der Waals surface area contributed by atoms with Crippen LogP contribution < -0.4 is 4.74 Å². The molecule has 23 heavy (non-hydrogen) atoms. The van der Waals surface area contributed by atoms with Gasteiger partial charge < -0.3 is 19.1 Å². The minimum absolute atomic E-state index is 0.104. The lowest BCUT2D eigenvalue weighted by Crippen LogP contribution is -2.41. The van der Waals surface area contributed by atoms with Crippen molar-refractivity contribution in [2.24, 2.45) is 0 Å². The van der Waals surface area contributed by atoms with Crippen molar-refractivity contribution in [1.82, 2.24) is 4.90 Å². The minimum atomic E-state index is -0.721. The SMILES string of the molecule is COCCC(=O)N1CC(Oc2ccccc2F)CC1C(=O)OC. The molecule has 1 heterocycles. The first-order valence-corrected chi connectivity index (χ1v) is 7.34. The molecule has 2 atom stereocenters. The number of halogens is 1. The van der Waals surface area contributed by atoms with Crippen molar-refractivity contribution in [3.05, 3.63) is 30.1 Å². The van der Waals surface area contributed by atoms with E-state index in [1.54, 1.807) is 12.1 Å². The Balaban J connectivity index is 2.08. The number of methoxy groups -OCH3 is 2. The number of hydrogen-bond donors (Lipinski definition) is 0. The van der Waals surface area contributed by atoms with E-state index in [0.29, 0.717) is 0 Å². The number of nitrogens with zero attached hydrogens (tertiary/aromatic N) is 1. The molecule has 0 radical (unpaired) electrons. The van der Waals surface area contributed by atoms with Crippen molar-refractivity contribution in [3.8, 4) is 5.75 Å². The summed E-state index contributed by atoms with van der Waals surface area (Å²) < 4.78 is 28.9. The molecule has 1 aromatic rings. The maximum atomic E-state index is 13.7. The number of para-hydroxylation sites is 1. The molecule has 126 valence electrons. The van der Waals surface area contributed by atoms with Gasteiger partial charge in [0.05, 0.1) is 26.7 Å². The van der Waals surface area contributed by atoms with Gasteiger partial charge >= 0.3 is 5.97 Å². The number of hydrogen-bond acceptors (Lipinski definition) is 5. The van der Waals surface area contributed by atoms with Gasteiger partial charge in [-0.15, -0.1) is 0 Å². The van der Waals surface area contributed by atoms with Crippen LogP contribution in [0.2, 0.25) is 0 Å². The van der Waals surface area contributed by atoms with Crippen molar-refractivity contribution in [2.45, 2.75) is 25.0 Å². The number of ether oxygens (including phenoxy) is 3. The summed E-state index contributed by atoms with van der Waals surface area (Å²) in [7, 11) is 2.77. The predicted octanol–water partition coefficient (Wildman–Crippen LogP) is 1.38. The molecular formula is C16H20FNO5. The Labute approximate surface area is 134 Å². The molecule has 2 unspecified atom stereocenters. The number of rotatable bonds is 6. The Morgan fingerprint density at radius 1 is 1.30 bits per heavy atom. The zero-order valence-electron chi connectivity index (χ0n) is 13.2. The summed E-state index contributed by atoms with van der Waals surface area (Å²) in [6.45, 7) is 0.471. The summed E-state index contributed by atoms with van der Waals surface area (Å²) >= 11 is 0. The van der Waals surface area contributed by atoms with Gasteiger partial charge in [-0.25, -0.2) is 9.18 Å². The largest absolute Gasteiger partial charge is 0.485 e. The van der Waals surface area contributed by atoms with Crippen LogP contribution in [0.4, 0.5) is 4.39 Å². The molecule has 0 saturated carbocycles. The summed E-state index contributed by atoms with van der Waals surface area (Å²) in [6, 6.07) is 5.31. The summed E-state index contributed by atoms with van der Waals surface area (Å²) in [5.74, 6) is -1.10. The highest BCUT2D eigenvalue weighted by Gasteiger charge is 2.41. The quantitative estimate of drug-likeness (QED) is 0.740. The Kier molecular flexibility index (Phi) is 5.92. The second kappa shape index (κ2) is 7.92. The molecule has 7 heteroatoms. The fraction of sp³-hybridized carbons (Fsp3) is 0.500. The van der Waals surface area contributed by atoms with Gasteiger partial charge in [0.1, 0.15) is 12.1 Å². The van der Waals surface area contributed by atoms with Gasteiger partial charge in [-0.05, 0) is 12.1 Å². The molecule has 1 amide bonds. The van der Waals surface area contributed by atoms with E-state index in [0.717, 1.165) is 0 Å². The fourth-order valence-electron chi connectivity index (χ4n) is 2.57. The molecule has 1 aliphatic rings. The third kappa shape index (κ3) is 4.19. The monoisotopic (exact) mass is 325 g/mol. The number of carbonyl (C=O) groups excluding carboxylic acids is 2. The molecule has 0 aliphatic carbocycles. The molecular weight excluding hydrogens is 305 g/mol. The van der Waals surface area contributed by atoms with Crippen LogP contribution in [-0.2, 0) is 19.1 Å². The fourth-order valence-corrected chi connectivity index (χ4v) is 2.57. The Morgan fingerprint density at radius 3 is 2.70 bits per heavy atom. The Hall–Kier alpha value is -2.15. The number of likely N-dealkylation sites (tertiary alicyclic amines) is 1. The van der Waals surface area contributed by atoms with Gasteiger partial charge in [-0.1, -0.05) is 12.1 Å². The maximum Gasteiger partial charge on any atom is 0.328 e. The van der Waals surface area contributed by atoms with Crippen LogP contribution in [0.15, 0.2) is 24.3 Å². The lowest BCUT2D eigenvalue weighted by Gasteiger charge is -2.22. The first kappa shape index (κ1) is 17.2. The van der Waals surface area contributed by atoms with Gasteiger partial charge in [-0.3, -0.25) is 4.79 Å².